The van der Waals surface area contributed by atoms with Crippen molar-refractivity contribution in [3.05, 3.63) is 59.2 Å². The number of hydrogen-bond acceptors (Lipinski definition) is 3. The zero-order valence-electron chi connectivity index (χ0n) is 9.78. The summed E-state index contributed by atoms with van der Waals surface area (Å²) < 4.78 is 39.7. The zero-order chi connectivity index (χ0) is 14.0. The SMILES string of the molecule is Nc1ccncc1CC(O)c1c(F)cc(F)cc1F. The summed E-state index contributed by atoms with van der Waals surface area (Å²) in [5, 5.41) is 9.87. The van der Waals surface area contributed by atoms with Crippen LogP contribution in [0.15, 0.2) is 30.6 Å². The minimum atomic E-state index is -1.47. The molecule has 0 fully saturated rings. The molecule has 0 bridgehead atoms. The third-order valence-corrected chi connectivity index (χ3v) is 2.73. The molecule has 100 valence electrons. The minimum absolute atomic E-state index is 0.112. The Morgan fingerprint density at radius 3 is 2.42 bits per heavy atom. The number of halogens is 3. The van der Waals surface area contributed by atoms with Crippen LogP contribution in [0.5, 0.6) is 0 Å². The molecule has 0 aliphatic carbocycles. The fraction of sp³-hybridized carbons (Fsp3) is 0.154. The van der Waals surface area contributed by atoms with E-state index in [1.807, 2.05) is 0 Å². The molecular weight excluding hydrogens is 257 g/mol. The van der Waals surface area contributed by atoms with Crippen molar-refractivity contribution in [3.63, 3.8) is 0 Å². The quantitative estimate of drug-likeness (QED) is 0.898. The highest BCUT2D eigenvalue weighted by Crippen LogP contribution is 2.26. The maximum atomic E-state index is 13.5. The first kappa shape index (κ1) is 13.4. The van der Waals surface area contributed by atoms with E-state index < -0.39 is 29.1 Å². The smallest absolute Gasteiger partial charge is 0.134 e. The van der Waals surface area contributed by atoms with Crippen molar-refractivity contribution in [3.8, 4) is 0 Å². The number of aliphatic hydroxyl groups is 1. The van der Waals surface area contributed by atoms with Gasteiger partial charge in [0, 0.05) is 36.6 Å². The van der Waals surface area contributed by atoms with E-state index in [4.69, 9.17) is 5.73 Å². The molecule has 1 aromatic carbocycles. The van der Waals surface area contributed by atoms with Gasteiger partial charge in [0.2, 0.25) is 0 Å². The van der Waals surface area contributed by atoms with E-state index in [1.165, 1.54) is 18.5 Å². The van der Waals surface area contributed by atoms with E-state index in [1.54, 1.807) is 0 Å². The fourth-order valence-electron chi connectivity index (χ4n) is 1.79. The van der Waals surface area contributed by atoms with Crippen molar-refractivity contribution in [2.75, 3.05) is 5.73 Å². The van der Waals surface area contributed by atoms with E-state index in [9.17, 15) is 18.3 Å². The first-order valence-corrected chi connectivity index (χ1v) is 5.50. The predicted octanol–water partition coefficient (Wildman–Crippen LogP) is 2.36. The van der Waals surface area contributed by atoms with Crippen molar-refractivity contribution < 1.29 is 18.3 Å². The highest BCUT2D eigenvalue weighted by atomic mass is 19.1. The molecule has 0 radical (unpaired) electrons. The number of hydrogen-bond donors (Lipinski definition) is 2. The maximum absolute atomic E-state index is 13.5. The van der Waals surface area contributed by atoms with Crippen molar-refractivity contribution in [1.82, 2.24) is 4.98 Å². The van der Waals surface area contributed by atoms with E-state index in [0.29, 0.717) is 23.4 Å². The number of nitrogen functional groups attached to an aromatic ring is 1. The lowest BCUT2D eigenvalue weighted by Gasteiger charge is -2.14. The lowest BCUT2D eigenvalue weighted by molar-refractivity contribution is 0.168. The normalized spacial score (nSPS) is 12.4. The average Bonchev–Trinajstić information content (AvgIpc) is 2.30. The molecule has 3 nitrogen and oxygen atoms in total. The topological polar surface area (TPSA) is 59.1 Å². The summed E-state index contributed by atoms with van der Waals surface area (Å²) in [5.41, 5.74) is 5.88. The van der Waals surface area contributed by atoms with Crippen molar-refractivity contribution >= 4 is 5.69 Å². The minimum Gasteiger partial charge on any atom is -0.398 e. The molecule has 1 unspecified atom stereocenters. The largest absolute Gasteiger partial charge is 0.398 e. The molecule has 3 N–H and O–H groups in total. The number of nitrogens with zero attached hydrogens (tertiary/aromatic N) is 1. The summed E-state index contributed by atoms with van der Waals surface area (Å²) >= 11 is 0. The van der Waals surface area contributed by atoms with Crippen LogP contribution in [0.25, 0.3) is 0 Å². The summed E-state index contributed by atoms with van der Waals surface area (Å²) in [7, 11) is 0. The standard InChI is InChI=1S/C13H11F3N2O/c14-8-4-9(15)13(10(16)5-8)12(19)3-7-6-18-2-1-11(7)17/h1-2,4-6,12,19H,3H2,(H2,17,18). The molecule has 1 aromatic heterocycles. The number of aromatic nitrogens is 1. The second kappa shape index (κ2) is 5.27. The molecule has 2 rings (SSSR count). The number of nitrogens with two attached hydrogens (primary N) is 1. The van der Waals surface area contributed by atoms with Crippen LogP contribution in [0.3, 0.4) is 0 Å². The molecule has 2 aromatic rings. The van der Waals surface area contributed by atoms with Gasteiger partial charge in [-0.1, -0.05) is 0 Å². The van der Waals surface area contributed by atoms with Gasteiger partial charge in [-0.2, -0.15) is 0 Å². The van der Waals surface area contributed by atoms with Gasteiger partial charge in [0.1, 0.15) is 17.5 Å². The Hall–Kier alpha value is -2.08. The van der Waals surface area contributed by atoms with E-state index >= 15 is 0 Å². The van der Waals surface area contributed by atoms with Crippen LogP contribution in [0.4, 0.5) is 18.9 Å². The molecule has 0 amide bonds. The van der Waals surface area contributed by atoms with Gasteiger partial charge in [-0.3, -0.25) is 4.98 Å². The van der Waals surface area contributed by atoms with E-state index in [-0.39, 0.29) is 6.42 Å². The maximum Gasteiger partial charge on any atom is 0.134 e. The average molecular weight is 268 g/mol. The second-order valence-electron chi connectivity index (χ2n) is 4.08. The predicted molar refractivity (Wildman–Crippen MR) is 63.6 cm³/mol. The Bertz CT molecular complexity index is 581. The van der Waals surface area contributed by atoms with E-state index in [2.05, 4.69) is 4.98 Å². The molecule has 0 saturated heterocycles. The Morgan fingerprint density at radius 1 is 1.21 bits per heavy atom. The van der Waals surface area contributed by atoms with Gasteiger partial charge in [-0.15, -0.1) is 0 Å². The Kier molecular flexibility index (Phi) is 3.71. The summed E-state index contributed by atoms with van der Waals surface area (Å²) in [5.74, 6) is -3.30. The monoisotopic (exact) mass is 268 g/mol. The molecule has 0 saturated carbocycles. The van der Waals surface area contributed by atoms with Crippen molar-refractivity contribution in [1.29, 1.82) is 0 Å². The van der Waals surface area contributed by atoms with Crippen LogP contribution in [0.1, 0.15) is 17.2 Å². The van der Waals surface area contributed by atoms with E-state index in [0.717, 1.165) is 0 Å². The first-order valence-electron chi connectivity index (χ1n) is 5.50. The van der Waals surface area contributed by atoms with Crippen LogP contribution >= 0.6 is 0 Å². The van der Waals surface area contributed by atoms with Crippen LogP contribution in [-0.2, 0) is 6.42 Å². The molecule has 6 heteroatoms. The van der Waals surface area contributed by atoms with Crippen LogP contribution in [0, 0.1) is 17.5 Å². The van der Waals surface area contributed by atoms with Gasteiger partial charge in [-0.05, 0) is 11.6 Å². The van der Waals surface area contributed by atoms with Crippen molar-refractivity contribution in [2.24, 2.45) is 0 Å². The summed E-state index contributed by atoms with van der Waals surface area (Å²) in [4.78, 5) is 3.81. The first-order chi connectivity index (χ1) is 8.99. The van der Waals surface area contributed by atoms with Gasteiger partial charge in [0.25, 0.3) is 0 Å². The van der Waals surface area contributed by atoms with Crippen molar-refractivity contribution in [2.45, 2.75) is 12.5 Å². The molecule has 0 aliphatic rings. The molecule has 0 aliphatic heterocycles. The summed E-state index contributed by atoms with van der Waals surface area (Å²) in [6.45, 7) is 0. The van der Waals surface area contributed by atoms with Gasteiger partial charge in [-0.25, -0.2) is 13.2 Å². The Balaban J connectivity index is 2.31. The fourth-order valence-corrected chi connectivity index (χ4v) is 1.79. The second-order valence-corrected chi connectivity index (χ2v) is 4.08. The Morgan fingerprint density at radius 2 is 1.84 bits per heavy atom. The van der Waals surface area contributed by atoms with Crippen LogP contribution < -0.4 is 5.73 Å². The summed E-state index contributed by atoms with van der Waals surface area (Å²) in [6.07, 6.45) is 1.29. The number of rotatable bonds is 3. The van der Waals surface area contributed by atoms with Crippen LogP contribution in [-0.4, -0.2) is 10.1 Å². The highest BCUT2D eigenvalue weighted by Gasteiger charge is 2.20. The third kappa shape index (κ3) is 2.85. The zero-order valence-corrected chi connectivity index (χ0v) is 9.78. The number of benzene rings is 1. The lowest BCUT2D eigenvalue weighted by Crippen LogP contribution is -2.09. The third-order valence-electron chi connectivity index (χ3n) is 2.73. The number of anilines is 1. The summed E-state index contributed by atoms with van der Waals surface area (Å²) in [6, 6.07) is 2.56. The molecular formula is C13H11F3N2O. The molecule has 19 heavy (non-hydrogen) atoms. The van der Waals surface area contributed by atoms with Crippen LogP contribution in [0.2, 0.25) is 0 Å². The van der Waals surface area contributed by atoms with Gasteiger partial charge < -0.3 is 10.8 Å². The number of pyridine rings is 1. The molecule has 1 heterocycles. The number of aliphatic hydroxyl groups excluding tert-OH is 1. The van der Waals surface area contributed by atoms with Gasteiger partial charge >= 0.3 is 0 Å². The lowest BCUT2D eigenvalue weighted by atomic mass is 10.0. The van der Waals surface area contributed by atoms with Gasteiger partial charge in [0.05, 0.1) is 11.7 Å². The van der Waals surface area contributed by atoms with Gasteiger partial charge in [0.15, 0.2) is 0 Å². The molecule has 1 atom stereocenters. The molecule has 0 spiro atoms. The highest BCUT2D eigenvalue weighted by molar-refractivity contribution is 5.45. The Labute approximate surface area is 107 Å².